The van der Waals surface area contributed by atoms with Crippen molar-refractivity contribution in [2.75, 3.05) is 44.2 Å². The maximum absolute atomic E-state index is 13.3. The molecule has 0 bridgehead atoms. The van der Waals surface area contributed by atoms with Gasteiger partial charge in [0.05, 0.1) is 4.90 Å². The highest BCUT2D eigenvalue weighted by Crippen LogP contribution is 2.27. The molecule has 1 amide bonds. The molecule has 0 radical (unpaired) electrons. The van der Waals surface area contributed by atoms with Crippen LogP contribution in [0.15, 0.2) is 41.3 Å². The Labute approximate surface area is 224 Å². The van der Waals surface area contributed by atoms with Gasteiger partial charge in [0.15, 0.2) is 0 Å². The van der Waals surface area contributed by atoms with Gasteiger partial charge in [0.25, 0.3) is 0 Å². The normalized spacial score (nSPS) is 18.1. The molecule has 0 unspecified atom stereocenters. The van der Waals surface area contributed by atoms with Gasteiger partial charge in [-0.05, 0) is 71.1 Å². The fraction of sp³-hybridized carbons (Fsp3) is 0.391. The van der Waals surface area contributed by atoms with Gasteiger partial charge in [-0.1, -0.05) is 23.7 Å². The van der Waals surface area contributed by atoms with Gasteiger partial charge < -0.3 is 9.80 Å². The molecule has 2 aliphatic heterocycles. The van der Waals surface area contributed by atoms with Crippen LogP contribution < -0.4 is 4.90 Å². The maximum Gasteiger partial charge on any atom is 0.243 e. The zero-order chi connectivity index (χ0) is 25.4. The highest BCUT2D eigenvalue weighted by Gasteiger charge is 2.34. The summed E-state index contributed by atoms with van der Waals surface area (Å²) < 4.78 is 28.0. The summed E-state index contributed by atoms with van der Waals surface area (Å²) in [6.45, 7) is 2.42. The first-order valence-electron chi connectivity index (χ1n) is 11.5. The first kappa shape index (κ1) is 25.4. The lowest BCUT2D eigenvalue weighted by Gasteiger charge is -2.38. The van der Waals surface area contributed by atoms with Crippen LogP contribution in [0.3, 0.4) is 0 Å². The van der Waals surface area contributed by atoms with Crippen LogP contribution in [-0.4, -0.2) is 77.8 Å². The van der Waals surface area contributed by atoms with Gasteiger partial charge in [-0.2, -0.15) is 19.3 Å². The molecule has 2 aromatic carbocycles. The summed E-state index contributed by atoms with van der Waals surface area (Å²) in [5.74, 6) is 0.326. The summed E-state index contributed by atoms with van der Waals surface area (Å²) >= 11 is 17.8. The number of nitrogens with zero attached hydrogens (tertiary/aromatic N) is 6. The Morgan fingerprint density at radius 1 is 0.806 bits per heavy atom. The molecule has 1 aromatic heterocycles. The molecule has 2 fully saturated rings. The molecule has 3 aromatic rings. The van der Waals surface area contributed by atoms with Gasteiger partial charge in [0.2, 0.25) is 32.4 Å². The molecule has 0 saturated carbocycles. The van der Waals surface area contributed by atoms with Crippen molar-refractivity contribution in [1.82, 2.24) is 24.2 Å². The standard InChI is InChI=1S/C23H23Cl3N6O3S/c24-18-3-1-17-14-19(4-2-16(17)13-18)36(34,35)32-11-9-30(10-12-32)20(33)15-5-7-31(8-6-15)23-28-21(25)27-22(26)29-23/h1-4,13-15H,5-12H2. The monoisotopic (exact) mass is 568 g/mol. The minimum Gasteiger partial charge on any atom is -0.341 e. The molecular weight excluding hydrogens is 547 g/mol. The number of hydrogen-bond acceptors (Lipinski definition) is 7. The number of carbonyl (C=O) groups excluding carboxylic acids is 1. The van der Waals surface area contributed by atoms with Crippen LogP contribution in [-0.2, 0) is 14.8 Å². The summed E-state index contributed by atoms with van der Waals surface area (Å²) in [5, 5.41) is 2.35. The van der Waals surface area contributed by atoms with Crippen molar-refractivity contribution >= 4 is 67.5 Å². The summed E-state index contributed by atoms with van der Waals surface area (Å²) in [7, 11) is -3.67. The van der Waals surface area contributed by atoms with Crippen molar-refractivity contribution in [2.24, 2.45) is 5.92 Å². The second kappa shape index (κ2) is 10.3. The van der Waals surface area contributed by atoms with E-state index in [1.807, 2.05) is 11.0 Å². The number of anilines is 1. The summed E-state index contributed by atoms with van der Waals surface area (Å²) in [5.41, 5.74) is 0. The smallest absolute Gasteiger partial charge is 0.243 e. The van der Waals surface area contributed by atoms with Crippen LogP contribution in [0, 0.1) is 5.92 Å². The number of aromatic nitrogens is 3. The Morgan fingerprint density at radius 2 is 1.42 bits per heavy atom. The van der Waals surface area contributed by atoms with Crippen LogP contribution in [0.4, 0.5) is 5.95 Å². The van der Waals surface area contributed by atoms with E-state index in [1.165, 1.54) is 4.31 Å². The van der Waals surface area contributed by atoms with E-state index in [4.69, 9.17) is 34.8 Å². The number of halogens is 3. The molecule has 0 spiro atoms. The van der Waals surface area contributed by atoms with E-state index in [1.54, 1.807) is 35.2 Å². The predicted molar refractivity (Wildman–Crippen MR) is 139 cm³/mol. The quantitative estimate of drug-likeness (QED) is 0.472. The van der Waals surface area contributed by atoms with Crippen molar-refractivity contribution in [3.8, 4) is 0 Å². The molecule has 2 aliphatic rings. The maximum atomic E-state index is 13.3. The first-order valence-corrected chi connectivity index (χ1v) is 14.1. The number of hydrogen-bond donors (Lipinski definition) is 0. The largest absolute Gasteiger partial charge is 0.341 e. The Hall–Kier alpha value is -2.24. The van der Waals surface area contributed by atoms with E-state index in [2.05, 4.69) is 15.0 Å². The third-order valence-electron chi connectivity index (χ3n) is 6.66. The van der Waals surface area contributed by atoms with Gasteiger partial charge in [-0.15, -0.1) is 0 Å². The van der Waals surface area contributed by atoms with E-state index in [0.29, 0.717) is 50.0 Å². The Bertz CT molecular complexity index is 1390. The summed E-state index contributed by atoms with van der Waals surface area (Å²) in [6.07, 6.45) is 1.28. The molecule has 0 aliphatic carbocycles. The average Bonchev–Trinajstić information content (AvgIpc) is 2.87. The van der Waals surface area contributed by atoms with Crippen molar-refractivity contribution in [2.45, 2.75) is 17.7 Å². The lowest BCUT2D eigenvalue weighted by Crippen LogP contribution is -2.53. The van der Waals surface area contributed by atoms with Crippen molar-refractivity contribution in [3.63, 3.8) is 0 Å². The number of benzene rings is 2. The van der Waals surface area contributed by atoms with E-state index in [-0.39, 0.29) is 40.4 Å². The first-order chi connectivity index (χ1) is 17.2. The Kier molecular flexibility index (Phi) is 7.24. The topological polar surface area (TPSA) is 99.6 Å². The lowest BCUT2D eigenvalue weighted by atomic mass is 9.95. The van der Waals surface area contributed by atoms with Crippen LogP contribution in [0.5, 0.6) is 0 Å². The number of piperazine rings is 1. The molecule has 13 heteroatoms. The number of carbonyl (C=O) groups is 1. The van der Waals surface area contributed by atoms with E-state index < -0.39 is 10.0 Å². The molecule has 0 atom stereocenters. The molecule has 9 nitrogen and oxygen atoms in total. The van der Waals surface area contributed by atoms with Gasteiger partial charge >= 0.3 is 0 Å². The second-order valence-corrected chi connectivity index (χ2v) is 11.9. The molecule has 190 valence electrons. The predicted octanol–water partition coefficient (Wildman–Crippen LogP) is 3.73. The van der Waals surface area contributed by atoms with Gasteiger partial charge in [-0.3, -0.25) is 4.79 Å². The van der Waals surface area contributed by atoms with Crippen LogP contribution in [0.1, 0.15) is 12.8 Å². The Balaban J connectivity index is 1.18. The number of piperidine rings is 1. The molecular formula is C23H23Cl3N6O3S. The van der Waals surface area contributed by atoms with Crippen molar-refractivity contribution < 1.29 is 13.2 Å². The molecule has 0 N–H and O–H groups in total. The van der Waals surface area contributed by atoms with E-state index in [9.17, 15) is 13.2 Å². The third-order valence-corrected chi connectivity index (χ3v) is 9.13. The van der Waals surface area contributed by atoms with E-state index >= 15 is 0 Å². The van der Waals surface area contributed by atoms with Gasteiger partial charge in [0, 0.05) is 50.2 Å². The van der Waals surface area contributed by atoms with Crippen molar-refractivity contribution in [1.29, 1.82) is 0 Å². The minimum absolute atomic E-state index is 0.0316. The number of sulfonamides is 1. The van der Waals surface area contributed by atoms with Crippen LogP contribution >= 0.6 is 34.8 Å². The fourth-order valence-electron chi connectivity index (χ4n) is 4.70. The van der Waals surface area contributed by atoms with E-state index in [0.717, 1.165) is 10.8 Å². The summed E-state index contributed by atoms with van der Waals surface area (Å²) in [4.78, 5) is 29.1. The minimum atomic E-state index is -3.67. The molecule has 5 rings (SSSR count). The van der Waals surface area contributed by atoms with Crippen molar-refractivity contribution in [3.05, 3.63) is 52.0 Å². The highest BCUT2D eigenvalue weighted by atomic mass is 35.5. The lowest BCUT2D eigenvalue weighted by molar-refractivity contribution is -0.137. The van der Waals surface area contributed by atoms with Crippen LogP contribution in [0.25, 0.3) is 10.8 Å². The number of fused-ring (bicyclic) bond motifs is 1. The number of rotatable bonds is 4. The summed E-state index contributed by atoms with van der Waals surface area (Å²) in [6, 6.07) is 10.4. The molecule has 2 saturated heterocycles. The average molecular weight is 570 g/mol. The zero-order valence-electron chi connectivity index (χ0n) is 19.1. The zero-order valence-corrected chi connectivity index (χ0v) is 22.2. The van der Waals surface area contributed by atoms with Crippen LogP contribution in [0.2, 0.25) is 15.6 Å². The second-order valence-electron chi connectivity index (χ2n) is 8.82. The third kappa shape index (κ3) is 5.24. The van der Waals surface area contributed by atoms with Gasteiger partial charge in [0.1, 0.15) is 0 Å². The SMILES string of the molecule is O=C(C1CCN(c2nc(Cl)nc(Cl)n2)CC1)N1CCN(S(=O)(=O)c2ccc3cc(Cl)ccc3c2)CC1. The van der Waals surface area contributed by atoms with Gasteiger partial charge in [-0.25, -0.2) is 8.42 Å². The Morgan fingerprint density at radius 3 is 2.08 bits per heavy atom. The molecule has 36 heavy (non-hydrogen) atoms. The molecule has 3 heterocycles. The fourth-order valence-corrected chi connectivity index (χ4v) is 6.69. The highest BCUT2D eigenvalue weighted by molar-refractivity contribution is 7.89. The number of amides is 1.